The third-order valence-electron chi connectivity index (χ3n) is 3.18. The van der Waals surface area contributed by atoms with E-state index in [9.17, 15) is 9.59 Å². The van der Waals surface area contributed by atoms with Gasteiger partial charge in [-0.1, -0.05) is 0 Å². The maximum atomic E-state index is 12.3. The minimum atomic E-state index is -0.917. The summed E-state index contributed by atoms with van der Waals surface area (Å²) < 4.78 is 4.71. The second-order valence-electron chi connectivity index (χ2n) is 4.35. The zero-order valence-corrected chi connectivity index (χ0v) is 11.0. The Morgan fingerprint density at radius 3 is 2.53 bits per heavy atom. The summed E-state index contributed by atoms with van der Waals surface area (Å²) in [6.45, 7) is 1.95. The van der Waals surface area contributed by atoms with Crippen LogP contribution in [-0.4, -0.2) is 26.0 Å². The van der Waals surface area contributed by atoms with Crippen molar-refractivity contribution in [2.45, 2.75) is 19.8 Å². The minimum absolute atomic E-state index is 0.157. The molecule has 1 aromatic rings. The van der Waals surface area contributed by atoms with E-state index < -0.39 is 11.4 Å². The van der Waals surface area contributed by atoms with Gasteiger partial charge in [0.2, 0.25) is 5.91 Å². The van der Waals surface area contributed by atoms with Gasteiger partial charge >= 0.3 is 5.97 Å². The number of carbonyl (C=O) groups is 2. The number of amides is 1. The fourth-order valence-electron chi connectivity index (χ4n) is 1.95. The van der Waals surface area contributed by atoms with Gasteiger partial charge in [-0.05, 0) is 36.8 Å². The van der Waals surface area contributed by atoms with Gasteiger partial charge in [-0.15, -0.1) is 11.3 Å². The van der Waals surface area contributed by atoms with Crippen molar-refractivity contribution in [3.8, 4) is 0 Å². The zero-order chi connectivity index (χ0) is 12.6. The highest BCUT2D eigenvalue weighted by molar-refractivity contribution is 7.14. The van der Waals surface area contributed by atoms with Crippen molar-refractivity contribution in [3.05, 3.63) is 17.0 Å². The Balaban J connectivity index is 2.22. The Morgan fingerprint density at radius 2 is 2.12 bits per heavy atom. The van der Waals surface area contributed by atoms with Gasteiger partial charge in [-0.25, -0.2) is 0 Å². The SMILES string of the molecule is COC(=O)C1(C(=O)N(C)c2sccc2C)CC1. The van der Waals surface area contributed by atoms with E-state index in [-0.39, 0.29) is 5.91 Å². The molecule has 1 aliphatic carbocycles. The molecule has 1 aliphatic rings. The van der Waals surface area contributed by atoms with Crippen molar-refractivity contribution in [2.75, 3.05) is 19.1 Å². The van der Waals surface area contributed by atoms with E-state index >= 15 is 0 Å². The predicted octanol–water partition coefficient (Wildman–Crippen LogP) is 1.97. The van der Waals surface area contributed by atoms with Crippen LogP contribution in [0.2, 0.25) is 0 Å². The average Bonchev–Trinajstić information content (AvgIpc) is 3.04. The number of esters is 1. The van der Waals surface area contributed by atoms with E-state index in [0.29, 0.717) is 12.8 Å². The van der Waals surface area contributed by atoms with E-state index in [1.807, 2.05) is 18.4 Å². The third kappa shape index (κ3) is 1.84. The summed E-state index contributed by atoms with van der Waals surface area (Å²) in [6, 6.07) is 1.96. The Morgan fingerprint density at radius 1 is 1.47 bits per heavy atom. The van der Waals surface area contributed by atoms with Gasteiger partial charge in [0.1, 0.15) is 10.4 Å². The number of methoxy groups -OCH3 is 1. The van der Waals surface area contributed by atoms with Crippen LogP contribution in [0.1, 0.15) is 18.4 Å². The molecule has 5 heteroatoms. The van der Waals surface area contributed by atoms with E-state index in [1.54, 1.807) is 11.9 Å². The fraction of sp³-hybridized carbons (Fsp3) is 0.500. The zero-order valence-electron chi connectivity index (χ0n) is 10.1. The summed E-state index contributed by atoms with van der Waals surface area (Å²) in [6.07, 6.45) is 1.18. The summed E-state index contributed by atoms with van der Waals surface area (Å²) in [5.74, 6) is -0.571. The topological polar surface area (TPSA) is 46.6 Å². The molecule has 17 heavy (non-hydrogen) atoms. The van der Waals surface area contributed by atoms with E-state index in [1.165, 1.54) is 18.4 Å². The van der Waals surface area contributed by atoms with Crippen LogP contribution < -0.4 is 4.90 Å². The number of carbonyl (C=O) groups excluding carboxylic acids is 2. The van der Waals surface area contributed by atoms with Crippen LogP contribution in [0.15, 0.2) is 11.4 Å². The summed E-state index contributed by atoms with van der Waals surface area (Å²) in [5, 5.41) is 2.83. The lowest BCUT2D eigenvalue weighted by Crippen LogP contribution is -2.39. The highest BCUT2D eigenvalue weighted by atomic mass is 32.1. The molecule has 0 radical (unpaired) electrons. The monoisotopic (exact) mass is 253 g/mol. The molecule has 0 bridgehead atoms. The van der Waals surface area contributed by atoms with Gasteiger partial charge in [0.25, 0.3) is 0 Å². The smallest absolute Gasteiger partial charge is 0.321 e. The standard InChI is InChI=1S/C12H15NO3S/c1-8-4-7-17-9(8)13(2)10(14)12(5-6-12)11(15)16-3/h4,7H,5-6H2,1-3H3. The molecule has 1 saturated carbocycles. The van der Waals surface area contributed by atoms with Crippen molar-refractivity contribution in [3.63, 3.8) is 0 Å². The summed E-state index contributed by atoms with van der Waals surface area (Å²) in [5.41, 5.74) is 0.131. The highest BCUT2D eigenvalue weighted by Crippen LogP contribution is 2.49. The number of nitrogens with zero attached hydrogens (tertiary/aromatic N) is 1. The lowest BCUT2D eigenvalue weighted by Gasteiger charge is -2.21. The number of hydrogen-bond acceptors (Lipinski definition) is 4. The second kappa shape index (κ2) is 4.14. The molecule has 92 valence electrons. The first-order valence-electron chi connectivity index (χ1n) is 5.43. The van der Waals surface area contributed by atoms with Crippen molar-refractivity contribution in [2.24, 2.45) is 5.41 Å². The van der Waals surface area contributed by atoms with Crippen molar-refractivity contribution in [1.29, 1.82) is 0 Å². The number of thiophene rings is 1. The molecule has 1 heterocycles. The van der Waals surface area contributed by atoms with Crippen LogP contribution in [0.4, 0.5) is 5.00 Å². The van der Waals surface area contributed by atoms with E-state index in [4.69, 9.17) is 4.74 Å². The molecule has 0 spiro atoms. The molecule has 0 saturated heterocycles. The van der Waals surface area contributed by atoms with E-state index in [2.05, 4.69) is 0 Å². The van der Waals surface area contributed by atoms with Gasteiger partial charge in [0.05, 0.1) is 7.11 Å². The largest absolute Gasteiger partial charge is 0.468 e. The number of anilines is 1. The number of ether oxygens (including phenoxy) is 1. The highest BCUT2D eigenvalue weighted by Gasteiger charge is 2.59. The molecular formula is C12H15NO3S. The van der Waals surface area contributed by atoms with Crippen molar-refractivity contribution < 1.29 is 14.3 Å². The number of hydrogen-bond donors (Lipinski definition) is 0. The lowest BCUT2D eigenvalue weighted by molar-refractivity contribution is -0.151. The quantitative estimate of drug-likeness (QED) is 0.611. The second-order valence-corrected chi connectivity index (χ2v) is 5.24. The predicted molar refractivity (Wildman–Crippen MR) is 66.1 cm³/mol. The third-order valence-corrected chi connectivity index (χ3v) is 4.27. The molecule has 0 aliphatic heterocycles. The summed E-state index contributed by atoms with van der Waals surface area (Å²) >= 11 is 1.50. The Bertz CT molecular complexity index is 462. The molecule has 1 aromatic heterocycles. The van der Waals surface area contributed by atoms with Crippen LogP contribution >= 0.6 is 11.3 Å². The molecule has 4 nitrogen and oxygen atoms in total. The van der Waals surface area contributed by atoms with Crippen LogP contribution in [-0.2, 0) is 14.3 Å². The average molecular weight is 253 g/mol. The molecule has 0 unspecified atom stereocenters. The van der Waals surface area contributed by atoms with Gasteiger partial charge in [0.15, 0.2) is 0 Å². The van der Waals surface area contributed by atoms with E-state index in [0.717, 1.165) is 10.6 Å². The van der Waals surface area contributed by atoms with Crippen molar-refractivity contribution in [1.82, 2.24) is 0 Å². The Kier molecular flexibility index (Phi) is 2.95. The van der Waals surface area contributed by atoms with Crippen LogP contribution in [0, 0.1) is 12.3 Å². The number of rotatable bonds is 3. The normalized spacial score (nSPS) is 16.4. The van der Waals surface area contributed by atoms with Gasteiger partial charge in [0, 0.05) is 7.05 Å². The first kappa shape index (κ1) is 12.1. The maximum Gasteiger partial charge on any atom is 0.321 e. The molecule has 1 fully saturated rings. The molecular weight excluding hydrogens is 238 g/mol. The molecule has 0 N–H and O–H groups in total. The molecule has 1 amide bonds. The Labute approximate surface area is 104 Å². The molecule has 0 atom stereocenters. The summed E-state index contributed by atoms with van der Waals surface area (Å²) in [7, 11) is 3.04. The van der Waals surface area contributed by atoms with Gasteiger partial charge in [-0.3, -0.25) is 9.59 Å². The molecule has 0 aromatic carbocycles. The first-order valence-corrected chi connectivity index (χ1v) is 6.31. The van der Waals surface area contributed by atoms with Crippen molar-refractivity contribution >= 4 is 28.2 Å². The summed E-state index contributed by atoms with van der Waals surface area (Å²) in [4.78, 5) is 25.5. The minimum Gasteiger partial charge on any atom is -0.468 e. The van der Waals surface area contributed by atoms with Crippen LogP contribution in [0.3, 0.4) is 0 Å². The number of aryl methyl sites for hydroxylation is 1. The lowest BCUT2D eigenvalue weighted by atomic mass is 10.1. The fourth-order valence-corrected chi connectivity index (χ4v) is 2.84. The Hall–Kier alpha value is -1.36. The van der Waals surface area contributed by atoms with Gasteiger partial charge < -0.3 is 9.64 Å². The first-order chi connectivity index (χ1) is 8.03. The molecule has 2 rings (SSSR count). The van der Waals surface area contributed by atoms with Gasteiger partial charge in [-0.2, -0.15) is 0 Å². The van der Waals surface area contributed by atoms with Crippen LogP contribution in [0.25, 0.3) is 0 Å². The maximum absolute atomic E-state index is 12.3. The van der Waals surface area contributed by atoms with Crippen LogP contribution in [0.5, 0.6) is 0 Å².